The Kier molecular flexibility index (Phi) is 4.85. The van der Waals surface area contributed by atoms with Crippen molar-refractivity contribution in [2.45, 2.75) is 19.3 Å². The number of aromatic amines is 1. The highest BCUT2D eigenvalue weighted by Crippen LogP contribution is 2.19. The molecule has 0 saturated carbocycles. The molecule has 2 aromatic rings. The average molecular weight is 381 g/mol. The van der Waals surface area contributed by atoms with Gasteiger partial charge in [0.1, 0.15) is 5.71 Å². The predicted octanol–water partition coefficient (Wildman–Crippen LogP) is 0.989. The molecule has 0 spiro atoms. The SMILES string of the molecule is CN1N=C(C(=O)N2CCN(C(=O)Cc3c[nH]c4ccccc34)CC2)CCC1=O. The van der Waals surface area contributed by atoms with Gasteiger partial charge in [-0.2, -0.15) is 5.10 Å². The van der Waals surface area contributed by atoms with Crippen LogP contribution in [0.25, 0.3) is 10.9 Å². The Morgan fingerprint density at radius 3 is 2.54 bits per heavy atom. The molecule has 1 N–H and O–H groups in total. The van der Waals surface area contributed by atoms with Crippen LogP contribution in [0.1, 0.15) is 18.4 Å². The number of benzene rings is 1. The van der Waals surface area contributed by atoms with Crippen molar-refractivity contribution in [1.82, 2.24) is 19.8 Å². The van der Waals surface area contributed by atoms with Crippen molar-refractivity contribution in [3.63, 3.8) is 0 Å². The fourth-order valence-electron chi connectivity index (χ4n) is 3.72. The normalized spacial score (nSPS) is 17.8. The largest absolute Gasteiger partial charge is 0.361 e. The zero-order valence-electron chi connectivity index (χ0n) is 15.9. The first kappa shape index (κ1) is 18.2. The smallest absolute Gasteiger partial charge is 0.270 e. The topological polar surface area (TPSA) is 89.1 Å². The fourth-order valence-corrected chi connectivity index (χ4v) is 3.72. The highest BCUT2D eigenvalue weighted by Gasteiger charge is 2.29. The molecule has 3 heterocycles. The van der Waals surface area contributed by atoms with Crippen LogP contribution in [-0.2, 0) is 20.8 Å². The lowest BCUT2D eigenvalue weighted by atomic mass is 10.1. The van der Waals surface area contributed by atoms with Gasteiger partial charge in [0.05, 0.1) is 6.42 Å². The molecule has 8 nitrogen and oxygen atoms in total. The third-order valence-corrected chi connectivity index (χ3v) is 5.39. The van der Waals surface area contributed by atoms with E-state index in [1.807, 2.05) is 35.4 Å². The second kappa shape index (κ2) is 7.46. The first-order valence-electron chi connectivity index (χ1n) is 9.49. The van der Waals surface area contributed by atoms with Crippen LogP contribution in [0.15, 0.2) is 35.6 Å². The average Bonchev–Trinajstić information content (AvgIpc) is 3.12. The van der Waals surface area contributed by atoms with E-state index in [1.54, 1.807) is 11.9 Å². The van der Waals surface area contributed by atoms with Crippen molar-refractivity contribution in [3.8, 4) is 0 Å². The maximum atomic E-state index is 12.7. The van der Waals surface area contributed by atoms with Gasteiger partial charge in [-0.3, -0.25) is 14.4 Å². The number of hydrazone groups is 1. The summed E-state index contributed by atoms with van der Waals surface area (Å²) in [7, 11) is 1.57. The zero-order valence-corrected chi connectivity index (χ0v) is 15.9. The Bertz CT molecular complexity index is 956. The molecule has 0 bridgehead atoms. The number of H-pyrrole nitrogens is 1. The van der Waals surface area contributed by atoms with Crippen LogP contribution in [0.2, 0.25) is 0 Å². The predicted molar refractivity (Wildman–Crippen MR) is 105 cm³/mol. The minimum atomic E-state index is -0.136. The Balaban J connectivity index is 1.35. The van der Waals surface area contributed by atoms with Gasteiger partial charge in [0, 0.05) is 63.2 Å². The number of fused-ring (bicyclic) bond motifs is 1. The molecule has 4 rings (SSSR count). The first-order chi connectivity index (χ1) is 13.5. The van der Waals surface area contributed by atoms with Crippen LogP contribution in [0.5, 0.6) is 0 Å². The van der Waals surface area contributed by atoms with Gasteiger partial charge in [0.25, 0.3) is 5.91 Å². The summed E-state index contributed by atoms with van der Waals surface area (Å²) >= 11 is 0. The summed E-state index contributed by atoms with van der Waals surface area (Å²) in [6.07, 6.45) is 2.92. The molecular formula is C20H23N5O3. The summed E-state index contributed by atoms with van der Waals surface area (Å²) in [6, 6.07) is 7.93. The van der Waals surface area contributed by atoms with Crippen LogP contribution in [0.4, 0.5) is 0 Å². The first-order valence-corrected chi connectivity index (χ1v) is 9.49. The van der Waals surface area contributed by atoms with Gasteiger partial charge in [-0.1, -0.05) is 18.2 Å². The van der Waals surface area contributed by atoms with E-state index >= 15 is 0 Å². The molecule has 0 aliphatic carbocycles. The molecule has 1 fully saturated rings. The Labute approximate surface area is 162 Å². The summed E-state index contributed by atoms with van der Waals surface area (Å²) in [5, 5.41) is 6.40. The molecule has 3 amide bonds. The molecule has 0 unspecified atom stereocenters. The van der Waals surface area contributed by atoms with Crippen LogP contribution < -0.4 is 0 Å². The number of aromatic nitrogens is 1. The maximum Gasteiger partial charge on any atom is 0.270 e. The molecule has 8 heteroatoms. The molecule has 2 aliphatic rings. The quantitative estimate of drug-likeness (QED) is 0.860. The van der Waals surface area contributed by atoms with E-state index < -0.39 is 0 Å². The third-order valence-electron chi connectivity index (χ3n) is 5.39. The van der Waals surface area contributed by atoms with E-state index in [9.17, 15) is 14.4 Å². The number of carbonyl (C=O) groups is 3. The van der Waals surface area contributed by atoms with Crippen molar-refractivity contribution >= 4 is 34.3 Å². The van der Waals surface area contributed by atoms with E-state index in [-0.39, 0.29) is 17.7 Å². The number of carbonyl (C=O) groups excluding carboxylic acids is 3. The number of piperazine rings is 1. The van der Waals surface area contributed by atoms with E-state index in [0.717, 1.165) is 16.5 Å². The summed E-state index contributed by atoms with van der Waals surface area (Å²) in [5.41, 5.74) is 2.43. The monoisotopic (exact) mass is 381 g/mol. The van der Waals surface area contributed by atoms with Crippen LogP contribution >= 0.6 is 0 Å². The standard InChI is InChI=1S/C20H23N5O3/c1-23-18(26)7-6-17(22-23)20(28)25-10-8-24(9-11-25)19(27)12-14-13-21-16-5-3-2-4-15(14)16/h2-5,13,21H,6-12H2,1H3. The third kappa shape index (κ3) is 3.49. The molecular weight excluding hydrogens is 358 g/mol. The Hall–Kier alpha value is -3.16. The fraction of sp³-hybridized carbons (Fsp3) is 0.400. The van der Waals surface area contributed by atoms with Gasteiger partial charge >= 0.3 is 0 Å². The lowest BCUT2D eigenvalue weighted by Crippen LogP contribution is -2.53. The van der Waals surface area contributed by atoms with Crippen LogP contribution in [0, 0.1) is 0 Å². The van der Waals surface area contributed by atoms with Gasteiger partial charge in [0.15, 0.2) is 0 Å². The van der Waals surface area contributed by atoms with E-state index in [0.29, 0.717) is 51.2 Å². The number of hydrogen-bond acceptors (Lipinski definition) is 4. The molecule has 2 aliphatic heterocycles. The number of amides is 3. The lowest BCUT2D eigenvalue weighted by Gasteiger charge is -2.35. The second-order valence-corrected chi connectivity index (χ2v) is 7.17. The summed E-state index contributed by atoms with van der Waals surface area (Å²) in [4.78, 5) is 43.6. The molecule has 0 radical (unpaired) electrons. The highest BCUT2D eigenvalue weighted by atomic mass is 16.2. The summed E-state index contributed by atoms with van der Waals surface area (Å²) in [6.45, 7) is 1.98. The van der Waals surface area contributed by atoms with E-state index in [4.69, 9.17) is 0 Å². The lowest BCUT2D eigenvalue weighted by molar-refractivity contribution is -0.136. The van der Waals surface area contributed by atoms with Crippen molar-refractivity contribution < 1.29 is 14.4 Å². The number of nitrogens with one attached hydrogen (secondary N) is 1. The summed E-state index contributed by atoms with van der Waals surface area (Å²) < 4.78 is 0. The molecule has 28 heavy (non-hydrogen) atoms. The maximum absolute atomic E-state index is 12.7. The van der Waals surface area contributed by atoms with Crippen molar-refractivity contribution in [1.29, 1.82) is 0 Å². The molecule has 1 aromatic carbocycles. The molecule has 1 aromatic heterocycles. The minimum absolute atomic E-state index is 0.0668. The Morgan fingerprint density at radius 2 is 1.79 bits per heavy atom. The second-order valence-electron chi connectivity index (χ2n) is 7.17. The van der Waals surface area contributed by atoms with Gasteiger partial charge in [-0.25, -0.2) is 5.01 Å². The van der Waals surface area contributed by atoms with Crippen molar-refractivity contribution in [2.75, 3.05) is 33.2 Å². The number of nitrogens with zero attached hydrogens (tertiary/aromatic N) is 4. The van der Waals surface area contributed by atoms with E-state index in [2.05, 4.69) is 10.1 Å². The number of para-hydroxylation sites is 1. The van der Waals surface area contributed by atoms with Gasteiger partial charge in [-0.05, 0) is 11.6 Å². The number of hydrogen-bond donors (Lipinski definition) is 1. The minimum Gasteiger partial charge on any atom is -0.361 e. The van der Waals surface area contributed by atoms with Gasteiger partial charge < -0.3 is 14.8 Å². The molecule has 1 saturated heterocycles. The van der Waals surface area contributed by atoms with Gasteiger partial charge in [0.2, 0.25) is 11.8 Å². The summed E-state index contributed by atoms with van der Waals surface area (Å²) in [5.74, 6) is -0.149. The Morgan fingerprint density at radius 1 is 1.07 bits per heavy atom. The molecule has 146 valence electrons. The van der Waals surface area contributed by atoms with Gasteiger partial charge in [-0.15, -0.1) is 0 Å². The zero-order chi connectivity index (χ0) is 19.7. The van der Waals surface area contributed by atoms with Crippen molar-refractivity contribution in [3.05, 3.63) is 36.0 Å². The van der Waals surface area contributed by atoms with Crippen molar-refractivity contribution in [2.24, 2.45) is 5.10 Å². The highest BCUT2D eigenvalue weighted by molar-refractivity contribution is 6.39. The molecule has 0 atom stereocenters. The van der Waals surface area contributed by atoms with Crippen LogP contribution in [0.3, 0.4) is 0 Å². The van der Waals surface area contributed by atoms with E-state index in [1.165, 1.54) is 5.01 Å². The number of rotatable bonds is 3. The van der Waals surface area contributed by atoms with Crippen LogP contribution in [-0.4, -0.2) is 76.5 Å².